The van der Waals surface area contributed by atoms with Crippen LogP contribution in [0.3, 0.4) is 0 Å². The van der Waals surface area contributed by atoms with Gasteiger partial charge >= 0.3 is 0 Å². The number of nitrogens with one attached hydrogen (secondary N) is 2. The van der Waals surface area contributed by atoms with E-state index in [4.69, 9.17) is 0 Å². The van der Waals surface area contributed by atoms with Gasteiger partial charge in [0.1, 0.15) is 0 Å². The summed E-state index contributed by atoms with van der Waals surface area (Å²) >= 11 is 0. The molecular formula is C18H32ClN3O2. The molecule has 5 nitrogen and oxygen atoms in total. The van der Waals surface area contributed by atoms with Crippen LogP contribution < -0.4 is 10.6 Å². The largest absolute Gasteiger partial charge is 0.339 e. The molecule has 2 aliphatic heterocycles. The third kappa shape index (κ3) is 5.17. The molecule has 138 valence electrons. The number of rotatable bonds is 4. The Bertz CT molecular complexity index is 420. The Morgan fingerprint density at radius 3 is 2.50 bits per heavy atom. The first-order valence-electron chi connectivity index (χ1n) is 9.49. The summed E-state index contributed by atoms with van der Waals surface area (Å²) in [5.41, 5.74) is 0. The van der Waals surface area contributed by atoms with Gasteiger partial charge < -0.3 is 15.5 Å². The van der Waals surface area contributed by atoms with E-state index in [1.54, 1.807) is 0 Å². The third-order valence-corrected chi connectivity index (χ3v) is 5.74. The molecular weight excluding hydrogens is 326 g/mol. The lowest BCUT2D eigenvalue weighted by atomic mass is 9.84. The minimum atomic E-state index is -0.147. The Morgan fingerprint density at radius 2 is 1.79 bits per heavy atom. The SMILES string of the molecule is Cl.O=C(CC1CCCCC1)C1CN(C(=O)C2CCCNC2)CCN1. The lowest BCUT2D eigenvalue weighted by Crippen LogP contribution is -2.57. The molecule has 3 aliphatic rings. The summed E-state index contributed by atoms with van der Waals surface area (Å²) in [6.07, 6.45) is 9.03. The van der Waals surface area contributed by atoms with Crippen LogP contribution in [0.15, 0.2) is 0 Å². The van der Waals surface area contributed by atoms with Gasteiger partial charge in [0.15, 0.2) is 5.78 Å². The van der Waals surface area contributed by atoms with Crippen LogP contribution in [-0.2, 0) is 9.59 Å². The van der Waals surface area contributed by atoms with Gasteiger partial charge in [-0.1, -0.05) is 32.1 Å². The molecule has 6 heteroatoms. The maximum absolute atomic E-state index is 12.7. The van der Waals surface area contributed by atoms with E-state index in [0.29, 0.717) is 24.7 Å². The van der Waals surface area contributed by atoms with Gasteiger partial charge in [0.05, 0.1) is 12.0 Å². The number of ketones is 1. The van der Waals surface area contributed by atoms with Crippen molar-refractivity contribution in [1.82, 2.24) is 15.5 Å². The number of Topliss-reactive ketones (excluding diaryl/α,β-unsaturated/α-hetero) is 1. The van der Waals surface area contributed by atoms with E-state index in [1.165, 1.54) is 32.1 Å². The molecule has 0 aromatic rings. The summed E-state index contributed by atoms with van der Waals surface area (Å²) < 4.78 is 0. The Balaban J connectivity index is 0.00000208. The quantitative estimate of drug-likeness (QED) is 0.804. The van der Waals surface area contributed by atoms with E-state index in [9.17, 15) is 9.59 Å². The number of amides is 1. The second kappa shape index (κ2) is 9.73. The molecule has 3 fully saturated rings. The molecule has 2 atom stereocenters. The average Bonchev–Trinajstić information content (AvgIpc) is 2.63. The molecule has 0 aromatic carbocycles. The summed E-state index contributed by atoms with van der Waals surface area (Å²) in [6, 6.07) is -0.147. The maximum atomic E-state index is 12.7. The highest BCUT2D eigenvalue weighted by Crippen LogP contribution is 2.27. The first-order valence-corrected chi connectivity index (χ1v) is 9.49. The Kier molecular flexibility index (Phi) is 7.98. The summed E-state index contributed by atoms with van der Waals surface area (Å²) in [4.78, 5) is 27.2. The van der Waals surface area contributed by atoms with E-state index >= 15 is 0 Å². The Hall–Kier alpha value is -0.650. The van der Waals surface area contributed by atoms with Crippen molar-refractivity contribution in [2.45, 2.75) is 57.4 Å². The second-order valence-corrected chi connectivity index (χ2v) is 7.51. The molecule has 0 aromatic heterocycles. The lowest BCUT2D eigenvalue weighted by molar-refractivity contribution is -0.138. The molecule has 24 heavy (non-hydrogen) atoms. The average molecular weight is 358 g/mol. The van der Waals surface area contributed by atoms with E-state index in [-0.39, 0.29) is 30.3 Å². The van der Waals surface area contributed by atoms with Crippen LogP contribution in [0, 0.1) is 11.8 Å². The van der Waals surface area contributed by atoms with E-state index in [0.717, 1.165) is 39.0 Å². The fourth-order valence-electron chi connectivity index (χ4n) is 4.30. The van der Waals surface area contributed by atoms with Crippen LogP contribution in [-0.4, -0.2) is 55.4 Å². The van der Waals surface area contributed by atoms with Crippen LogP contribution in [0.1, 0.15) is 51.4 Å². The predicted molar refractivity (Wildman–Crippen MR) is 97.4 cm³/mol. The fraction of sp³-hybridized carbons (Fsp3) is 0.889. The molecule has 1 aliphatic carbocycles. The van der Waals surface area contributed by atoms with Crippen molar-refractivity contribution < 1.29 is 9.59 Å². The van der Waals surface area contributed by atoms with Crippen molar-refractivity contribution in [2.24, 2.45) is 11.8 Å². The van der Waals surface area contributed by atoms with Gasteiger partial charge in [0, 0.05) is 32.6 Å². The zero-order chi connectivity index (χ0) is 16.1. The molecule has 1 saturated carbocycles. The van der Waals surface area contributed by atoms with Gasteiger partial charge in [-0.15, -0.1) is 12.4 Å². The summed E-state index contributed by atoms with van der Waals surface area (Å²) in [7, 11) is 0. The van der Waals surface area contributed by atoms with Gasteiger partial charge in [-0.2, -0.15) is 0 Å². The molecule has 3 rings (SSSR count). The van der Waals surface area contributed by atoms with E-state index in [2.05, 4.69) is 10.6 Å². The van der Waals surface area contributed by atoms with Crippen LogP contribution in [0.2, 0.25) is 0 Å². The summed E-state index contributed by atoms with van der Waals surface area (Å²) in [5.74, 6) is 1.24. The van der Waals surface area contributed by atoms with Crippen LogP contribution in [0.25, 0.3) is 0 Å². The number of piperidine rings is 1. The summed E-state index contributed by atoms with van der Waals surface area (Å²) in [6.45, 7) is 3.87. The van der Waals surface area contributed by atoms with Crippen molar-refractivity contribution in [3.63, 3.8) is 0 Å². The normalized spacial score (nSPS) is 28.9. The van der Waals surface area contributed by atoms with Crippen LogP contribution in [0.4, 0.5) is 0 Å². The molecule has 0 spiro atoms. The number of piperazine rings is 1. The molecule has 2 saturated heterocycles. The van der Waals surface area contributed by atoms with Gasteiger partial charge in [0.2, 0.25) is 5.91 Å². The highest BCUT2D eigenvalue weighted by atomic mass is 35.5. The molecule has 0 bridgehead atoms. The first-order chi connectivity index (χ1) is 11.2. The summed E-state index contributed by atoms with van der Waals surface area (Å²) in [5, 5.41) is 6.65. The van der Waals surface area contributed by atoms with Gasteiger partial charge in [0.25, 0.3) is 0 Å². The molecule has 2 heterocycles. The van der Waals surface area contributed by atoms with Crippen molar-refractivity contribution >= 4 is 24.1 Å². The number of hydrogen-bond donors (Lipinski definition) is 2. The fourth-order valence-corrected chi connectivity index (χ4v) is 4.30. The van der Waals surface area contributed by atoms with Crippen molar-refractivity contribution in [3.8, 4) is 0 Å². The number of carbonyl (C=O) groups excluding carboxylic acids is 2. The number of hydrogen-bond acceptors (Lipinski definition) is 4. The standard InChI is InChI=1S/C18H31N3O2.ClH/c22-17(11-14-5-2-1-3-6-14)16-13-21(10-9-20-16)18(23)15-7-4-8-19-12-15;/h14-16,19-20H,1-13H2;1H. The highest BCUT2D eigenvalue weighted by molar-refractivity contribution is 5.86. The zero-order valence-corrected chi connectivity index (χ0v) is 15.4. The molecule has 1 amide bonds. The van der Waals surface area contributed by atoms with Gasteiger partial charge in [-0.05, 0) is 25.3 Å². The van der Waals surface area contributed by atoms with Crippen LogP contribution >= 0.6 is 12.4 Å². The monoisotopic (exact) mass is 357 g/mol. The molecule has 0 radical (unpaired) electrons. The van der Waals surface area contributed by atoms with Crippen molar-refractivity contribution in [3.05, 3.63) is 0 Å². The predicted octanol–water partition coefficient (Wildman–Crippen LogP) is 1.75. The van der Waals surface area contributed by atoms with E-state index in [1.807, 2.05) is 4.90 Å². The Morgan fingerprint density at radius 1 is 1.00 bits per heavy atom. The highest BCUT2D eigenvalue weighted by Gasteiger charge is 2.32. The Labute approximate surface area is 151 Å². The topological polar surface area (TPSA) is 61.4 Å². The van der Waals surface area contributed by atoms with E-state index < -0.39 is 0 Å². The maximum Gasteiger partial charge on any atom is 0.227 e. The smallest absolute Gasteiger partial charge is 0.227 e. The lowest BCUT2D eigenvalue weighted by Gasteiger charge is -2.36. The molecule has 2 unspecified atom stereocenters. The minimum absolute atomic E-state index is 0. The minimum Gasteiger partial charge on any atom is -0.339 e. The molecule has 2 N–H and O–H groups in total. The third-order valence-electron chi connectivity index (χ3n) is 5.74. The number of halogens is 1. The van der Waals surface area contributed by atoms with Crippen molar-refractivity contribution in [1.29, 1.82) is 0 Å². The second-order valence-electron chi connectivity index (χ2n) is 7.51. The van der Waals surface area contributed by atoms with Crippen molar-refractivity contribution in [2.75, 3.05) is 32.7 Å². The first kappa shape index (κ1) is 19.7. The zero-order valence-electron chi connectivity index (χ0n) is 14.6. The van der Waals surface area contributed by atoms with Gasteiger partial charge in [-0.25, -0.2) is 0 Å². The number of nitrogens with zero attached hydrogens (tertiary/aromatic N) is 1. The van der Waals surface area contributed by atoms with Crippen LogP contribution in [0.5, 0.6) is 0 Å². The van der Waals surface area contributed by atoms with Gasteiger partial charge in [-0.3, -0.25) is 9.59 Å². The number of carbonyl (C=O) groups is 2.